The molecule has 2 aromatic rings. The number of benzene rings is 1. The molecular formula is C21H28N4O. The van der Waals surface area contributed by atoms with E-state index in [4.69, 9.17) is 5.10 Å². The molecule has 26 heavy (non-hydrogen) atoms. The standard InChI is InChI=1S/C21H28N4O/c1-3-23(2)14-18-13-19-15-24(10-11-25(19)22-18)21(26)12-17-9-8-16-6-4-5-7-20(16)17/h4-7,13,17H,3,8-12,14-15H2,1-2H3. The Balaban J connectivity index is 1.40. The van der Waals surface area contributed by atoms with Crippen molar-refractivity contribution in [1.29, 1.82) is 0 Å². The summed E-state index contributed by atoms with van der Waals surface area (Å²) in [5.41, 5.74) is 5.07. The molecule has 1 amide bonds. The van der Waals surface area contributed by atoms with Gasteiger partial charge in [-0.05, 0) is 49.5 Å². The number of hydrogen-bond donors (Lipinski definition) is 0. The minimum atomic E-state index is 0.284. The summed E-state index contributed by atoms with van der Waals surface area (Å²) < 4.78 is 2.08. The van der Waals surface area contributed by atoms with E-state index in [0.717, 1.165) is 50.4 Å². The predicted molar refractivity (Wildman–Crippen MR) is 102 cm³/mol. The lowest BCUT2D eigenvalue weighted by atomic mass is 9.97. The second kappa shape index (κ2) is 7.23. The zero-order chi connectivity index (χ0) is 18.1. The van der Waals surface area contributed by atoms with Crippen LogP contribution in [0, 0.1) is 0 Å². The lowest BCUT2D eigenvalue weighted by Crippen LogP contribution is -2.38. The molecule has 2 aliphatic rings. The number of nitrogens with zero attached hydrogens (tertiary/aromatic N) is 4. The largest absolute Gasteiger partial charge is 0.335 e. The van der Waals surface area contributed by atoms with E-state index in [0.29, 0.717) is 18.9 Å². The first-order chi connectivity index (χ1) is 12.6. The maximum absolute atomic E-state index is 12.9. The Bertz CT molecular complexity index is 797. The average Bonchev–Trinajstić information content (AvgIpc) is 3.24. The monoisotopic (exact) mass is 352 g/mol. The van der Waals surface area contributed by atoms with Gasteiger partial charge >= 0.3 is 0 Å². The Labute approximate surface area is 155 Å². The third-order valence-corrected chi connectivity index (χ3v) is 5.85. The van der Waals surface area contributed by atoms with E-state index in [1.165, 1.54) is 11.1 Å². The third-order valence-electron chi connectivity index (χ3n) is 5.85. The number of amides is 1. The SMILES string of the molecule is CCN(C)Cc1cc2n(n1)CCN(C(=O)CC1CCc3ccccc31)C2. The van der Waals surface area contributed by atoms with Crippen molar-refractivity contribution in [3.63, 3.8) is 0 Å². The van der Waals surface area contributed by atoms with Gasteiger partial charge in [-0.25, -0.2) is 0 Å². The van der Waals surface area contributed by atoms with Gasteiger partial charge in [0.05, 0.1) is 24.5 Å². The van der Waals surface area contributed by atoms with E-state index in [9.17, 15) is 4.79 Å². The highest BCUT2D eigenvalue weighted by atomic mass is 16.2. The minimum Gasteiger partial charge on any atom is -0.335 e. The van der Waals surface area contributed by atoms with Crippen LogP contribution in [0.4, 0.5) is 0 Å². The van der Waals surface area contributed by atoms with E-state index >= 15 is 0 Å². The molecule has 0 saturated carbocycles. The smallest absolute Gasteiger partial charge is 0.223 e. The molecule has 138 valence electrons. The van der Waals surface area contributed by atoms with Crippen LogP contribution in [0.25, 0.3) is 0 Å². The van der Waals surface area contributed by atoms with Crippen molar-refractivity contribution in [3.05, 3.63) is 52.8 Å². The van der Waals surface area contributed by atoms with Gasteiger partial charge in [0.15, 0.2) is 0 Å². The molecule has 0 radical (unpaired) electrons. The lowest BCUT2D eigenvalue weighted by Gasteiger charge is -2.28. The van der Waals surface area contributed by atoms with Gasteiger partial charge < -0.3 is 9.80 Å². The highest BCUT2D eigenvalue weighted by molar-refractivity contribution is 5.77. The third kappa shape index (κ3) is 3.40. The van der Waals surface area contributed by atoms with Crippen LogP contribution in [-0.2, 0) is 30.8 Å². The number of carbonyl (C=O) groups excluding carboxylic acids is 1. The van der Waals surface area contributed by atoms with Crippen molar-refractivity contribution in [3.8, 4) is 0 Å². The van der Waals surface area contributed by atoms with Crippen molar-refractivity contribution in [2.75, 3.05) is 20.1 Å². The van der Waals surface area contributed by atoms with Gasteiger partial charge in [-0.3, -0.25) is 9.48 Å². The number of fused-ring (bicyclic) bond motifs is 2. The normalized spacial score (nSPS) is 18.9. The second-order valence-corrected chi connectivity index (χ2v) is 7.63. The first-order valence-electron chi connectivity index (χ1n) is 9.73. The summed E-state index contributed by atoms with van der Waals surface area (Å²) in [6, 6.07) is 10.8. The summed E-state index contributed by atoms with van der Waals surface area (Å²) in [7, 11) is 2.10. The molecule has 1 unspecified atom stereocenters. The van der Waals surface area contributed by atoms with Crippen LogP contribution < -0.4 is 0 Å². The van der Waals surface area contributed by atoms with Gasteiger partial charge in [0, 0.05) is 19.5 Å². The van der Waals surface area contributed by atoms with Crippen molar-refractivity contribution >= 4 is 5.91 Å². The summed E-state index contributed by atoms with van der Waals surface area (Å²) in [5.74, 6) is 0.672. The molecular weight excluding hydrogens is 324 g/mol. The molecule has 1 aromatic heterocycles. The van der Waals surface area contributed by atoms with Gasteiger partial charge in [0.1, 0.15) is 0 Å². The van der Waals surface area contributed by atoms with Gasteiger partial charge in [-0.1, -0.05) is 31.2 Å². The molecule has 5 heteroatoms. The zero-order valence-corrected chi connectivity index (χ0v) is 15.8. The molecule has 2 heterocycles. The van der Waals surface area contributed by atoms with E-state index in [1.54, 1.807) is 0 Å². The maximum Gasteiger partial charge on any atom is 0.223 e. The lowest BCUT2D eigenvalue weighted by molar-refractivity contribution is -0.133. The first-order valence-corrected chi connectivity index (χ1v) is 9.73. The molecule has 5 nitrogen and oxygen atoms in total. The Morgan fingerprint density at radius 1 is 1.31 bits per heavy atom. The Hall–Kier alpha value is -2.14. The van der Waals surface area contributed by atoms with Gasteiger partial charge in [0.2, 0.25) is 5.91 Å². The highest BCUT2D eigenvalue weighted by Gasteiger charge is 2.28. The van der Waals surface area contributed by atoms with Crippen LogP contribution in [0.15, 0.2) is 30.3 Å². The topological polar surface area (TPSA) is 41.4 Å². The van der Waals surface area contributed by atoms with Crippen LogP contribution >= 0.6 is 0 Å². The molecule has 1 atom stereocenters. The van der Waals surface area contributed by atoms with Crippen molar-refractivity contribution in [1.82, 2.24) is 19.6 Å². The van der Waals surface area contributed by atoms with E-state index in [2.05, 4.69) is 53.9 Å². The molecule has 0 saturated heterocycles. The van der Waals surface area contributed by atoms with Crippen molar-refractivity contribution < 1.29 is 4.79 Å². The average molecular weight is 352 g/mol. The number of hydrogen-bond acceptors (Lipinski definition) is 3. The molecule has 1 aliphatic carbocycles. The predicted octanol–water partition coefficient (Wildman–Crippen LogP) is 2.80. The van der Waals surface area contributed by atoms with Gasteiger partial charge in [0.25, 0.3) is 0 Å². The second-order valence-electron chi connectivity index (χ2n) is 7.63. The maximum atomic E-state index is 12.9. The number of carbonyl (C=O) groups is 1. The summed E-state index contributed by atoms with van der Waals surface area (Å²) >= 11 is 0. The summed E-state index contributed by atoms with van der Waals surface area (Å²) in [6.07, 6.45) is 2.84. The van der Waals surface area contributed by atoms with Crippen LogP contribution in [-0.4, -0.2) is 45.6 Å². The fourth-order valence-electron chi connectivity index (χ4n) is 4.20. The van der Waals surface area contributed by atoms with Crippen LogP contribution in [0.1, 0.15) is 48.2 Å². The summed E-state index contributed by atoms with van der Waals surface area (Å²) in [6.45, 7) is 6.29. The molecule has 1 aromatic carbocycles. The van der Waals surface area contributed by atoms with Crippen molar-refractivity contribution in [2.24, 2.45) is 0 Å². The van der Waals surface area contributed by atoms with Crippen molar-refractivity contribution in [2.45, 2.75) is 51.7 Å². The van der Waals surface area contributed by atoms with Gasteiger partial charge in [-0.2, -0.15) is 5.10 Å². The first kappa shape index (κ1) is 17.3. The number of rotatable bonds is 5. The van der Waals surface area contributed by atoms with Gasteiger partial charge in [-0.15, -0.1) is 0 Å². The minimum absolute atomic E-state index is 0.284. The molecule has 4 rings (SSSR count). The zero-order valence-electron chi connectivity index (χ0n) is 15.8. The van der Waals surface area contributed by atoms with E-state index in [-0.39, 0.29) is 5.91 Å². The number of aryl methyl sites for hydroxylation is 1. The number of aromatic nitrogens is 2. The molecule has 0 fully saturated rings. The molecule has 0 N–H and O–H groups in total. The fourth-order valence-corrected chi connectivity index (χ4v) is 4.20. The van der Waals surface area contributed by atoms with E-state index in [1.807, 2.05) is 4.90 Å². The van der Waals surface area contributed by atoms with Crippen LogP contribution in [0.5, 0.6) is 0 Å². The summed E-state index contributed by atoms with van der Waals surface area (Å²) in [5, 5.41) is 4.70. The molecule has 0 bridgehead atoms. The fraction of sp³-hybridized carbons (Fsp3) is 0.524. The Morgan fingerprint density at radius 3 is 3.00 bits per heavy atom. The van der Waals surface area contributed by atoms with Crippen LogP contribution in [0.3, 0.4) is 0 Å². The Morgan fingerprint density at radius 2 is 2.15 bits per heavy atom. The van der Waals surface area contributed by atoms with Crippen LogP contribution in [0.2, 0.25) is 0 Å². The molecule has 0 spiro atoms. The van der Waals surface area contributed by atoms with E-state index < -0.39 is 0 Å². The summed E-state index contributed by atoms with van der Waals surface area (Å²) in [4.78, 5) is 17.2. The molecule has 1 aliphatic heterocycles. The quantitative estimate of drug-likeness (QED) is 0.831. The highest BCUT2D eigenvalue weighted by Crippen LogP contribution is 2.35. The Kier molecular flexibility index (Phi) is 4.81.